The summed E-state index contributed by atoms with van der Waals surface area (Å²) in [4.78, 5) is -0.361. The largest absolute Gasteiger partial charge is 0.495 e. The molecule has 0 aliphatic heterocycles. The van der Waals surface area contributed by atoms with Crippen LogP contribution in [0.4, 0.5) is 4.39 Å². The molecule has 0 aliphatic rings. The van der Waals surface area contributed by atoms with Gasteiger partial charge in [-0.1, -0.05) is 49.5 Å². The van der Waals surface area contributed by atoms with Crippen LogP contribution in [0, 0.1) is 5.82 Å². The topological polar surface area (TPSA) is 9.23 Å². The predicted molar refractivity (Wildman–Crippen MR) is 90.6 cm³/mol. The van der Waals surface area contributed by atoms with E-state index in [9.17, 15) is 4.39 Å². The van der Waals surface area contributed by atoms with Crippen LogP contribution in [0.3, 0.4) is 0 Å². The third kappa shape index (κ3) is 3.38. The summed E-state index contributed by atoms with van der Waals surface area (Å²) in [6.07, 6.45) is 0. The van der Waals surface area contributed by atoms with E-state index in [1.807, 2.05) is 0 Å². The molecule has 0 radical (unpaired) electrons. The van der Waals surface area contributed by atoms with Crippen LogP contribution >= 0.6 is 59.4 Å². The first-order valence-electron chi connectivity index (χ1n) is 5.56. The van der Waals surface area contributed by atoms with Gasteiger partial charge in [-0.25, -0.2) is 4.39 Å². The first kappa shape index (κ1) is 16.3. The molecule has 2 aromatic carbocycles. The molecule has 0 amide bonds. The van der Waals surface area contributed by atoms with Crippen LogP contribution in [-0.2, 0) is 0 Å². The number of hydrogen-bond acceptors (Lipinski definition) is 1. The Kier molecular flexibility index (Phi) is 5.51. The van der Waals surface area contributed by atoms with E-state index in [-0.39, 0.29) is 10.6 Å². The quantitative estimate of drug-likeness (QED) is 0.450. The van der Waals surface area contributed by atoms with Crippen LogP contribution in [0.15, 0.2) is 39.3 Å². The molecule has 2 aromatic rings. The highest BCUT2D eigenvalue weighted by Crippen LogP contribution is 2.43. The van der Waals surface area contributed by atoms with Gasteiger partial charge in [0.2, 0.25) is 0 Å². The molecule has 1 unspecified atom stereocenters. The van der Waals surface area contributed by atoms with Crippen molar-refractivity contribution < 1.29 is 9.13 Å². The SMILES string of the molecule is COc1c(Br)cc(Cl)cc1C(Br)c1ccc(Br)cc1F. The highest BCUT2D eigenvalue weighted by atomic mass is 79.9. The second kappa shape index (κ2) is 6.77. The second-order valence-electron chi connectivity index (χ2n) is 4.04. The first-order chi connectivity index (χ1) is 9.43. The minimum atomic E-state index is -0.361. The second-order valence-corrected chi connectivity index (χ2v) is 7.16. The van der Waals surface area contributed by atoms with E-state index in [0.717, 1.165) is 10.0 Å². The smallest absolute Gasteiger partial charge is 0.137 e. The Labute approximate surface area is 146 Å². The molecule has 1 nitrogen and oxygen atoms in total. The van der Waals surface area contributed by atoms with E-state index in [2.05, 4.69) is 47.8 Å². The maximum atomic E-state index is 14.1. The summed E-state index contributed by atoms with van der Waals surface area (Å²) in [7, 11) is 1.56. The number of rotatable bonds is 3. The van der Waals surface area contributed by atoms with Gasteiger partial charge >= 0.3 is 0 Å². The molecule has 0 fully saturated rings. The fourth-order valence-corrected chi connectivity index (χ4v) is 3.90. The van der Waals surface area contributed by atoms with Gasteiger partial charge in [-0.3, -0.25) is 0 Å². The van der Waals surface area contributed by atoms with E-state index in [4.69, 9.17) is 16.3 Å². The van der Waals surface area contributed by atoms with Crippen molar-refractivity contribution in [3.8, 4) is 5.75 Å². The lowest BCUT2D eigenvalue weighted by Gasteiger charge is -2.17. The summed E-state index contributed by atoms with van der Waals surface area (Å²) in [6.45, 7) is 0. The lowest BCUT2D eigenvalue weighted by atomic mass is 10.0. The third-order valence-corrected chi connectivity index (χ3v) is 5.04. The Morgan fingerprint density at radius 3 is 2.45 bits per heavy atom. The van der Waals surface area contributed by atoms with Gasteiger partial charge in [-0.2, -0.15) is 0 Å². The van der Waals surface area contributed by atoms with Crippen molar-refractivity contribution in [2.24, 2.45) is 0 Å². The molecule has 6 heteroatoms. The van der Waals surface area contributed by atoms with E-state index in [1.165, 1.54) is 6.07 Å². The zero-order valence-corrected chi connectivity index (χ0v) is 15.8. The van der Waals surface area contributed by atoms with Gasteiger partial charge in [0, 0.05) is 20.6 Å². The zero-order valence-electron chi connectivity index (χ0n) is 10.3. The summed E-state index contributed by atoms with van der Waals surface area (Å²) in [5.74, 6) is 0.318. The van der Waals surface area contributed by atoms with Gasteiger partial charge in [0.25, 0.3) is 0 Å². The Balaban J connectivity index is 2.55. The average molecular weight is 487 g/mol. The molecular formula is C14H9Br3ClFO. The Hall–Kier alpha value is -0.100. The highest BCUT2D eigenvalue weighted by molar-refractivity contribution is 9.11. The van der Waals surface area contributed by atoms with Crippen molar-refractivity contribution in [2.75, 3.05) is 7.11 Å². The van der Waals surface area contributed by atoms with E-state index >= 15 is 0 Å². The maximum absolute atomic E-state index is 14.1. The van der Waals surface area contributed by atoms with Crippen molar-refractivity contribution in [3.05, 3.63) is 61.2 Å². The van der Waals surface area contributed by atoms with Gasteiger partial charge in [0.05, 0.1) is 16.4 Å². The molecule has 0 bridgehead atoms. The van der Waals surface area contributed by atoms with Crippen LogP contribution in [0.25, 0.3) is 0 Å². The molecule has 0 saturated heterocycles. The van der Waals surface area contributed by atoms with Gasteiger partial charge in [0.1, 0.15) is 11.6 Å². The standard InChI is InChI=1S/C14H9Br3ClFO/c1-20-14-10(5-8(18)6-11(14)16)13(17)9-3-2-7(15)4-12(9)19/h2-6,13H,1H3. The summed E-state index contributed by atoms with van der Waals surface area (Å²) in [5.41, 5.74) is 1.27. The van der Waals surface area contributed by atoms with Gasteiger partial charge in [-0.15, -0.1) is 0 Å². The minimum absolute atomic E-state index is 0.306. The van der Waals surface area contributed by atoms with E-state index in [1.54, 1.807) is 31.4 Å². The van der Waals surface area contributed by atoms with Gasteiger partial charge in [-0.05, 0) is 40.2 Å². The van der Waals surface area contributed by atoms with Crippen LogP contribution in [0.5, 0.6) is 5.75 Å². The van der Waals surface area contributed by atoms with Crippen molar-refractivity contribution in [1.29, 1.82) is 0 Å². The van der Waals surface area contributed by atoms with E-state index < -0.39 is 0 Å². The number of benzene rings is 2. The summed E-state index contributed by atoms with van der Waals surface area (Å²) in [5, 5.41) is 0.551. The van der Waals surface area contributed by atoms with Gasteiger partial charge in [0.15, 0.2) is 0 Å². The van der Waals surface area contributed by atoms with Crippen LogP contribution < -0.4 is 4.74 Å². The Morgan fingerprint density at radius 2 is 1.85 bits per heavy atom. The number of ether oxygens (including phenoxy) is 1. The van der Waals surface area contributed by atoms with Crippen molar-refractivity contribution >= 4 is 59.4 Å². The number of methoxy groups -OCH3 is 1. The number of alkyl halides is 1. The molecule has 0 aromatic heterocycles. The van der Waals surface area contributed by atoms with Gasteiger partial charge < -0.3 is 4.74 Å². The van der Waals surface area contributed by atoms with Crippen molar-refractivity contribution in [3.63, 3.8) is 0 Å². The third-order valence-electron chi connectivity index (χ3n) is 2.75. The Morgan fingerprint density at radius 1 is 1.15 bits per heavy atom. The summed E-state index contributed by atoms with van der Waals surface area (Å²) in [6, 6.07) is 8.43. The van der Waals surface area contributed by atoms with E-state index in [0.29, 0.717) is 20.8 Å². The highest BCUT2D eigenvalue weighted by Gasteiger charge is 2.21. The van der Waals surface area contributed by atoms with Crippen molar-refractivity contribution in [2.45, 2.75) is 4.83 Å². The number of hydrogen-bond donors (Lipinski definition) is 0. The Bertz CT molecular complexity index is 649. The molecule has 1 atom stereocenters. The monoisotopic (exact) mass is 484 g/mol. The molecule has 0 N–H and O–H groups in total. The first-order valence-corrected chi connectivity index (χ1v) is 8.44. The predicted octanol–water partition coefficient (Wildman–Crippen LogP) is 6.50. The van der Waals surface area contributed by atoms with Crippen LogP contribution in [0.2, 0.25) is 5.02 Å². The van der Waals surface area contributed by atoms with Crippen molar-refractivity contribution in [1.82, 2.24) is 0 Å². The molecule has 0 saturated carbocycles. The fourth-order valence-electron chi connectivity index (χ4n) is 1.86. The lowest BCUT2D eigenvalue weighted by molar-refractivity contribution is 0.407. The number of halogens is 5. The molecule has 20 heavy (non-hydrogen) atoms. The molecule has 0 aliphatic carbocycles. The average Bonchev–Trinajstić information content (AvgIpc) is 2.37. The molecule has 2 rings (SSSR count). The molecule has 106 valence electrons. The maximum Gasteiger partial charge on any atom is 0.137 e. The zero-order chi connectivity index (χ0) is 14.9. The minimum Gasteiger partial charge on any atom is -0.495 e. The van der Waals surface area contributed by atoms with Crippen LogP contribution in [0.1, 0.15) is 16.0 Å². The molecule has 0 spiro atoms. The van der Waals surface area contributed by atoms with Crippen LogP contribution in [-0.4, -0.2) is 7.11 Å². The lowest BCUT2D eigenvalue weighted by Crippen LogP contribution is -2.00. The normalized spacial score (nSPS) is 12.3. The summed E-state index contributed by atoms with van der Waals surface area (Å²) < 4.78 is 20.9. The summed E-state index contributed by atoms with van der Waals surface area (Å²) >= 11 is 16.2. The molecular weight excluding hydrogens is 478 g/mol. The molecule has 0 heterocycles. The fraction of sp³-hybridized carbons (Fsp3) is 0.143.